The normalized spacial score (nSPS) is 12.0. The highest BCUT2D eigenvalue weighted by Gasteiger charge is 2.35. The summed E-state index contributed by atoms with van der Waals surface area (Å²) in [6, 6.07) is 28.2. The molecule has 4 rings (SSSR count). The lowest BCUT2D eigenvalue weighted by molar-refractivity contribution is -0.140. The van der Waals surface area contributed by atoms with Gasteiger partial charge in [0.1, 0.15) is 12.6 Å². The molecule has 236 valence electrons. The van der Waals surface area contributed by atoms with Crippen molar-refractivity contribution in [1.29, 1.82) is 0 Å². The third kappa shape index (κ3) is 9.10. The molecule has 1 N–H and O–H groups in total. The molecular formula is C35H37Cl2N3O4S. The van der Waals surface area contributed by atoms with Gasteiger partial charge in [0, 0.05) is 29.6 Å². The maximum absolute atomic E-state index is 14.5. The highest BCUT2D eigenvalue weighted by molar-refractivity contribution is 7.92. The van der Waals surface area contributed by atoms with Crippen molar-refractivity contribution in [3.05, 3.63) is 130 Å². The molecule has 0 spiro atoms. The molecule has 0 saturated carbocycles. The van der Waals surface area contributed by atoms with Crippen molar-refractivity contribution < 1.29 is 18.0 Å². The smallest absolute Gasteiger partial charge is 0.264 e. The highest BCUT2D eigenvalue weighted by atomic mass is 35.5. The molecule has 0 fully saturated rings. The monoisotopic (exact) mass is 665 g/mol. The van der Waals surface area contributed by atoms with Crippen molar-refractivity contribution in [1.82, 2.24) is 10.2 Å². The van der Waals surface area contributed by atoms with Crippen LogP contribution < -0.4 is 9.62 Å². The summed E-state index contributed by atoms with van der Waals surface area (Å²) in [5.74, 6) is -0.718. The van der Waals surface area contributed by atoms with Crippen molar-refractivity contribution >= 4 is 50.7 Å². The first-order chi connectivity index (χ1) is 21.5. The van der Waals surface area contributed by atoms with E-state index in [0.717, 1.165) is 15.4 Å². The van der Waals surface area contributed by atoms with Crippen molar-refractivity contribution in [2.24, 2.45) is 5.92 Å². The van der Waals surface area contributed by atoms with Gasteiger partial charge >= 0.3 is 0 Å². The molecule has 0 bridgehead atoms. The molecule has 0 aliphatic rings. The minimum Gasteiger partial charge on any atom is -0.354 e. The van der Waals surface area contributed by atoms with Crippen LogP contribution in [-0.4, -0.2) is 44.3 Å². The van der Waals surface area contributed by atoms with Gasteiger partial charge in [0.25, 0.3) is 10.0 Å². The largest absolute Gasteiger partial charge is 0.354 e. The van der Waals surface area contributed by atoms with Gasteiger partial charge in [-0.15, -0.1) is 0 Å². The van der Waals surface area contributed by atoms with Crippen LogP contribution in [0.3, 0.4) is 0 Å². The number of carbonyl (C=O) groups excluding carboxylic acids is 2. The number of nitrogens with zero attached hydrogens (tertiary/aromatic N) is 2. The van der Waals surface area contributed by atoms with Crippen LogP contribution in [0.2, 0.25) is 10.0 Å². The predicted octanol–water partition coefficient (Wildman–Crippen LogP) is 6.91. The summed E-state index contributed by atoms with van der Waals surface area (Å²) in [6.45, 7) is 5.72. The number of sulfonamides is 1. The summed E-state index contributed by atoms with van der Waals surface area (Å²) in [6.07, 6.45) is 0.218. The summed E-state index contributed by atoms with van der Waals surface area (Å²) >= 11 is 12.6. The Morgan fingerprint density at radius 1 is 0.822 bits per heavy atom. The molecule has 0 saturated heterocycles. The second-order valence-electron chi connectivity index (χ2n) is 11.3. The number of rotatable bonds is 13. The van der Waals surface area contributed by atoms with Crippen LogP contribution >= 0.6 is 23.2 Å². The second-order valence-corrected chi connectivity index (χ2v) is 14.0. The first kappa shape index (κ1) is 34.0. The van der Waals surface area contributed by atoms with Gasteiger partial charge < -0.3 is 10.2 Å². The summed E-state index contributed by atoms with van der Waals surface area (Å²) in [5.41, 5.74) is 2.72. The molecule has 1 atom stereocenters. The molecule has 4 aromatic carbocycles. The molecule has 0 radical (unpaired) electrons. The zero-order chi connectivity index (χ0) is 32.6. The van der Waals surface area contributed by atoms with Crippen molar-refractivity contribution in [3.8, 4) is 0 Å². The molecular weight excluding hydrogens is 629 g/mol. The van der Waals surface area contributed by atoms with Gasteiger partial charge in [-0.05, 0) is 66.4 Å². The number of hydrogen-bond donors (Lipinski definition) is 1. The third-order valence-electron chi connectivity index (χ3n) is 7.26. The molecule has 7 nitrogen and oxygen atoms in total. The van der Waals surface area contributed by atoms with Gasteiger partial charge in [-0.3, -0.25) is 13.9 Å². The first-order valence-corrected chi connectivity index (χ1v) is 16.8. The van der Waals surface area contributed by atoms with Gasteiger partial charge in [-0.25, -0.2) is 8.42 Å². The molecule has 2 amide bonds. The van der Waals surface area contributed by atoms with Crippen LogP contribution in [0, 0.1) is 12.8 Å². The molecule has 0 aliphatic heterocycles. The molecule has 0 aromatic heterocycles. The van der Waals surface area contributed by atoms with Crippen molar-refractivity contribution in [3.63, 3.8) is 0 Å². The quantitative estimate of drug-likeness (QED) is 0.168. The van der Waals surface area contributed by atoms with E-state index in [1.165, 1.54) is 29.2 Å². The molecule has 10 heteroatoms. The van der Waals surface area contributed by atoms with Gasteiger partial charge in [-0.1, -0.05) is 103 Å². The van der Waals surface area contributed by atoms with Crippen LogP contribution in [0.5, 0.6) is 0 Å². The second kappa shape index (κ2) is 15.4. The first-order valence-electron chi connectivity index (χ1n) is 14.6. The van der Waals surface area contributed by atoms with E-state index in [2.05, 4.69) is 5.32 Å². The third-order valence-corrected chi connectivity index (χ3v) is 9.67. The molecule has 0 unspecified atom stereocenters. The zero-order valence-electron chi connectivity index (χ0n) is 25.5. The Morgan fingerprint density at radius 2 is 1.44 bits per heavy atom. The van der Waals surface area contributed by atoms with E-state index in [0.29, 0.717) is 27.8 Å². The number of carbonyl (C=O) groups is 2. The van der Waals surface area contributed by atoms with Gasteiger partial charge in [0.15, 0.2) is 0 Å². The maximum atomic E-state index is 14.5. The maximum Gasteiger partial charge on any atom is 0.264 e. The van der Waals surface area contributed by atoms with Crippen LogP contribution in [0.4, 0.5) is 5.69 Å². The van der Waals surface area contributed by atoms with E-state index in [9.17, 15) is 18.0 Å². The van der Waals surface area contributed by atoms with Gasteiger partial charge in [0.2, 0.25) is 11.8 Å². The lowest BCUT2D eigenvalue weighted by Gasteiger charge is -2.34. The topological polar surface area (TPSA) is 86.8 Å². The Kier molecular flexibility index (Phi) is 11.7. The number of halogens is 2. The van der Waals surface area contributed by atoms with Crippen molar-refractivity contribution in [2.45, 2.75) is 44.7 Å². The lowest BCUT2D eigenvalue weighted by atomic mass is 10.0. The minimum absolute atomic E-state index is 0.00612. The van der Waals surface area contributed by atoms with Gasteiger partial charge in [-0.2, -0.15) is 0 Å². The number of benzene rings is 4. The standard InChI is InChI=1S/C35H37Cl2N3O4S/c1-25(2)22-38-35(42)33(21-27-9-5-4-6-10-27)39(23-28-11-7-8-12-32(28)37)34(41)24-40(30-17-13-26(3)14-18-30)45(43,44)31-19-15-29(36)16-20-31/h4-20,25,33H,21-24H2,1-3H3,(H,38,42)/t33-/m0/s1. The zero-order valence-corrected chi connectivity index (χ0v) is 27.8. The molecule has 4 aromatic rings. The number of amides is 2. The van der Waals surface area contributed by atoms with Crippen LogP contribution in [0.15, 0.2) is 108 Å². The molecule has 0 heterocycles. The Bertz CT molecular complexity index is 1700. The Labute approximate surface area is 275 Å². The lowest BCUT2D eigenvalue weighted by Crippen LogP contribution is -2.53. The van der Waals surface area contributed by atoms with Gasteiger partial charge in [0.05, 0.1) is 10.6 Å². The van der Waals surface area contributed by atoms with E-state index in [-0.39, 0.29) is 29.7 Å². The Balaban J connectivity index is 1.80. The average molecular weight is 667 g/mol. The Hall–Kier alpha value is -3.85. The number of hydrogen-bond acceptors (Lipinski definition) is 4. The van der Waals surface area contributed by atoms with Crippen molar-refractivity contribution in [2.75, 3.05) is 17.4 Å². The highest BCUT2D eigenvalue weighted by Crippen LogP contribution is 2.27. The summed E-state index contributed by atoms with van der Waals surface area (Å²) < 4.78 is 29.2. The summed E-state index contributed by atoms with van der Waals surface area (Å²) in [4.78, 5) is 29.7. The van der Waals surface area contributed by atoms with E-state index >= 15 is 0 Å². The van der Waals surface area contributed by atoms with E-state index < -0.39 is 28.5 Å². The predicted molar refractivity (Wildman–Crippen MR) is 181 cm³/mol. The number of nitrogens with one attached hydrogen (secondary N) is 1. The van der Waals surface area contributed by atoms with E-state index in [4.69, 9.17) is 23.2 Å². The van der Waals surface area contributed by atoms with Crippen LogP contribution in [0.25, 0.3) is 0 Å². The molecule has 0 aliphatic carbocycles. The van der Waals surface area contributed by atoms with Crippen LogP contribution in [-0.2, 0) is 32.6 Å². The summed E-state index contributed by atoms with van der Waals surface area (Å²) in [5, 5.41) is 3.80. The van der Waals surface area contributed by atoms with E-state index in [1.54, 1.807) is 48.5 Å². The fourth-order valence-corrected chi connectivity index (χ4v) is 6.50. The SMILES string of the molecule is Cc1ccc(N(CC(=O)N(Cc2ccccc2Cl)[C@@H](Cc2ccccc2)C(=O)NCC(C)C)S(=O)(=O)c2ccc(Cl)cc2)cc1. The van der Waals surface area contributed by atoms with Crippen LogP contribution in [0.1, 0.15) is 30.5 Å². The number of aryl methyl sites for hydroxylation is 1. The molecule has 45 heavy (non-hydrogen) atoms. The Morgan fingerprint density at radius 3 is 2.07 bits per heavy atom. The summed E-state index contributed by atoms with van der Waals surface area (Å²) in [7, 11) is -4.22. The fraction of sp³-hybridized carbons (Fsp3) is 0.257. The fourth-order valence-electron chi connectivity index (χ4n) is 4.76. The average Bonchev–Trinajstić information content (AvgIpc) is 3.02. The number of anilines is 1. The minimum atomic E-state index is -4.22. The van der Waals surface area contributed by atoms with E-state index in [1.807, 2.05) is 51.1 Å².